The van der Waals surface area contributed by atoms with Crippen LogP contribution in [0.1, 0.15) is 5.56 Å². The van der Waals surface area contributed by atoms with Crippen LogP contribution in [-0.4, -0.2) is 19.3 Å². The van der Waals surface area contributed by atoms with Gasteiger partial charge in [0.2, 0.25) is 0 Å². The number of halogens is 1. The predicted molar refractivity (Wildman–Crippen MR) is 101 cm³/mol. The van der Waals surface area contributed by atoms with Crippen molar-refractivity contribution in [3.63, 3.8) is 0 Å². The van der Waals surface area contributed by atoms with Crippen LogP contribution in [0.5, 0.6) is 11.5 Å². The van der Waals surface area contributed by atoms with Crippen LogP contribution in [0.3, 0.4) is 0 Å². The molecule has 0 fully saturated rings. The molecule has 1 N–H and O–H groups in total. The lowest BCUT2D eigenvalue weighted by atomic mass is 9.90. The smallest absolute Gasteiger partial charge is 0.118 e. The summed E-state index contributed by atoms with van der Waals surface area (Å²) in [7, 11) is 3.27. The molecule has 0 spiro atoms. The van der Waals surface area contributed by atoms with E-state index in [2.05, 4.69) is 0 Å². The highest BCUT2D eigenvalue weighted by molar-refractivity contribution is 6.34. The first-order chi connectivity index (χ1) is 12.2. The van der Waals surface area contributed by atoms with E-state index in [9.17, 15) is 5.11 Å². The van der Waals surface area contributed by atoms with Crippen LogP contribution < -0.4 is 9.47 Å². The second-order valence-corrected chi connectivity index (χ2v) is 5.98. The van der Waals surface area contributed by atoms with Gasteiger partial charge in [0, 0.05) is 10.6 Å². The summed E-state index contributed by atoms with van der Waals surface area (Å²) in [5.41, 5.74) is 4.56. The van der Waals surface area contributed by atoms with Crippen LogP contribution >= 0.6 is 11.6 Å². The van der Waals surface area contributed by atoms with Gasteiger partial charge in [0.05, 0.1) is 20.8 Å². The number of methoxy groups -OCH3 is 2. The lowest BCUT2D eigenvalue weighted by molar-refractivity contribution is 0.282. The first-order valence-corrected chi connectivity index (χ1v) is 8.26. The summed E-state index contributed by atoms with van der Waals surface area (Å²) in [4.78, 5) is 0. The summed E-state index contributed by atoms with van der Waals surface area (Å²) >= 11 is 6.54. The molecule has 3 aromatic rings. The topological polar surface area (TPSA) is 38.7 Å². The Hall–Kier alpha value is -2.49. The van der Waals surface area contributed by atoms with Gasteiger partial charge in [0.15, 0.2) is 0 Å². The van der Waals surface area contributed by atoms with E-state index in [1.807, 2.05) is 60.7 Å². The van der Waals surface area contributed by atoms with Crippen molar-refractivity contribution in [2.24, 2.45) is 0 Å². The quantitative estimate of drug-likeness (QED) is 0.685. The molecule has 0 aliphatic rings. The summed E-state index contributed by atoms with van der Waals surface area (Å²) in [5.74, 6) is 1.56. The minimum absolute atomic E-state index is 0.0678. The Morgan fingerprint density at radius 1 is 0.720 bits per heavy atom. The molecule has 0 amide bonds. The zero-order valence-corrected chi connectivity index (χ0v) is 14.9. The Balaban J connectivity index is 2.22. The van der Waals surface area contributed by atoms with E-state index in [0.29, 0.717) is 5.02 Å². The standard InChI is InChI=1S/C21H19ClO3/c1-24-17-8-3-14(4-9-17)20-16(13-23)7-12-19(22)21(20)15-5-10-18(25-2)11-6-15/h3-12,23H,13H2,1-2H3. The Morgan fingerprint density at radius 3 is 1.64 bits per heavy atom. The third-order valence-electron chi connectivity index (χ3n) is 4.17. The van der Waals surface area contributed by atoms with E-state index in [4.69, 9.17) is 21.1 Å². The van der Waals surface area contributed by atoms with Crippen LogP contribution in [0.4, 0.5) is 0 Å². The molecule has 3 nitrogen and oxygen atoms in total. The molecule has 0 saturated carbocycles. The third-order valence-corrected chi connectivity index (χ3v) is 4.48. The van der Waals surface area contributed by atoms with Gasteiger partial charge in [-0.15, -0.1) is 0 Å². The van der Waals surface area contributed by atoms with Crippen molar-refractivity contribution in [1.29, 1.82) is 0 Å². The summed E-state index contributed by atoms with van der Waals surface area (Å²) in [6.07, 6.45) is 0. The van der Waals surface area contributed by atoms with Gasteiger partial charge in [0.25, 0.3) is 0 Å². The summed E-state index contributed by atoms with van der Waals surface area (Å²) in [5, 5.41) is 10.5. The van der Waals surface area contributed by atoms with Crippen molar-refractivity contribution in [2.75, 3.05) is 14.2 Å². The molecule has 0 aliphatic heterocycles. The normalized spacial score (nSPS) is 10.6. The van der Waals surface area contributed by atoms with Gasteiger partial charge in [-0.1, -0.05) is 41.9 Å². The van der Waals surface area contributed by atoms with E-state index in [1.165, 1.54) is 0 Å². The van der Waals surface area contributed by atoms with Crippen molar-refractivity contribution < 1.29 is 14.6 Å². The molecule has 0 heterocycles. The molecule has 3 rings (SSSR count). The van der Waals surface area contributed by atoms with Gasteiger partial charge in [0.1, 0.15) is 11.5 Å². The fourth-order valence-corrected chi connectivity index (χ4v) is 3.15. The first kappa shape index (κ1) is 17.3. The number of aliphatic hydroxyl groups is 1. The highest BCUT2D eigenvalue weighted by Crippen LogP contribution is 2.41. The van der Waals surface area contributed by atoms with E-state index in [0.717, 1.165) is 39.3 Å². The summed E-state index contributed by atoms with van der Waals surface area (Å²) < 4.78 is 10.5. The van der Waals surface area contributed by atoms with Crippen molar-refractivity contribution in [1.82, 2.24) is 0 Å². The largest absolute Gasteiger partial charge is 0.497 e. The molecule has 0 aromatic heterocycles. The molecule has 0 unspecified atom stereocenters. The highest BCUT2D eigenvalue weighted by atomic mass is 35.5. The Bertz CT molecular complexity index is 856. The minimum atomic E-state index is -0.0678. The molecule has 0 bridgehead atoms. The highest BCUT2D eigenvalue weighted by Gasteiger charge is 2.16. The van der Waals surface area contributed by atoms with E-state index >= 15 is 0 Å². The number of rotatable bonds is 5. The van der Waals surface area contributed by atoms with Gasteiger partial charge < -0.3 is 14.6 Å². The number of benzene rings is 3. The number of hydrogen-bond acceptors (Lipinski definition) is 3. The Morgan fingerprint density at radius 2 is 1.20 bits per heavy atom. The van der Waals surface area contributed by atoms with E-state index in [-0.39, 0.29) is 6.61 Å². The van der Waals surface area contributed by atoms with Crippen molar-refractivity contribution in [3.05, 3.63) is 71.2 Å². The predicted octanol–water partition coefficient (Wildman–Crippen LogP) is 5.18. The first-order valence-electron chi connectivity index (χ1n) is 7.89. The molecule has 0 saturated heterocycles. The third kappa shape index (κ3) is 3.48. The zero-order valence-electron chi connectivity index (χ0n) is 14.1. The molecular weight excluding hydrogens is 336 g/mol. The SMILES string of the molecule is COc1ccc(-c2c(Cl)ccc(CO)c2-c2ccc(OC)cc2)cc1. The fraction of sp³-hybridized carbons (Fsp3) is 0.143. The average Bonchev–Trinajstić information content (AvgIpc) is 2.68. The monoisotopic (exact) mass is 354 g/mol. The van der Waals surface area contributed by atoms with Crippen molar-refractivity contribution in [2.45, 2.75) is 6.61 Å². The van der Waals surface area contributed by atoms with Crippen molar-refractivity contribution in [3.8, 4) is 33.8 Å². The molecule has 128 valence electrons. The molecule has 0 aliphatic carbocycles. The lowest BCUT2D eigenvalue weighted by Gasteiger charge is -2.17. The van der Waals surface area contributed by atoms with Crippen LogP contribution in [0.15, 0.2) is 60.7 Å². The summed E-state index contributed by atoms with van der Waals surface area (Å²) in [6, 6.07) is 19.1. The second kappa shape index (κ2) is 7.60. The molecule has 25 heavy (non-hydrogen) atoms. The zero-order chi connectivity index (χ0) is 17.8. The Labute approximate surface area is 152 Å². The van der Waals surface area contributed by atoms with Gasteiger partial charge in [-0.05, 0) is 52.6 Å². The minimum Gasteiger partial charge on any atom is -0.497 e. The number of ether oxygens (including phenoxy) is 2. The van der Waals surface area contributed by atoms with E-state index < -0.39 is 0 Å². The van der Waals surface area contributed by atoms with E-state index in [1.54, 1.807) is 14.2 Å². The Kier molecular flexibility index (Phi) is 5.27. The van der Waals surface area contributed by atoms with Crippen molar-refractivity contribution >= 4 is 11.6 Å². The fourth-order valence-electron chi connectivity index (χ4n) is 2.88. The van der Waals surface area contributed by atoms with Gasteiger partial charge in [-0.3, -0.25) is 0 Å². The van der Waals surface area contributed by atoms with Crippen LogP contribution in [0, 0.1) is 0 Å². The average molecular weight is 355 g/mol. The number of hydrogen-bond donors (Lipinski definition) is 1. The maximum Gasteiger partial charge on any atom is 0.118 e. The molecule has 0 atom stereocenters. The number of aliphatic hydroxyl groups excluding tert-OH is 1. The van der Waals surface area contributed by atoms with Gasteiger partial charge >= 0.3 is 0 Å². The second-order valence-electron chi connectivity index (χ2n) is 5.57. The molecule has 4 heteroatoms. The maximum atomic E-state index is 9.84. The maximum absolute atomic E-state index is 9.84. The van der Waals surface area contributed by atoms with Gasteiger partial charge in [-0.2, -0.15) is 0 Å². The van der Waals surface area contributed by atoms with Crippen LogP contribution in [0.2, 0.25) is 5.02 Å². The molecule has 0 radical (unpaired) electrons. The van der Waals surface area contributed by atoms with Gasteiger partial charge in [-0.25, -0.2) is 0 Å². The van der Waals surface area contributed by atoms with Crippen LogP contribution in [-0.2, 0) is 6.61 Å². The molecule has 3 aromatic carbocycles. The van der Waals surface area contributed by atoms with Crippen LogP contribution in [0.25, 0.3) is 22.3 Å². The summed E-state index contributed by atoms with van der Waals surface area (Å²) in [6.45, 7) is -0.0678. The lowest BCUT2D eigenvalue weighted by Crippen LogP contribution is -1.95. The molecular formula is C21H19ClO3.